The van der Waals surface area contributed by atoms with Crippen LogP contribution in [0.1, 0.15) is 26.3 Å². The van der Waals surface area contributed by atoms with Crippen molar-refractivity contribution in [2.24, 2.45) is 5.10 Å². The number of hydrazone groups is 1. The first-order valence-corrected chi connectivity index (χ1v) is 13.3. The van der Waals surface area contributed by atoms with Crippen LogP contribution in [-0.4, -0.2) is 36.3 Å². The predicted molar refractivity (Wildman–Crippen MR) is 159 cm³/mol. The summed E-state index contributed by atoms with van der Waals surface area (Å²) in [7, 11) is 0. The summed E-state index contributed by atoms with van der Waals surface area (Å²) in [6.45, 7) is 7.44. The van der Waals surface area contributed by atoms with Gasteiger partial charge in [0.1, 0.15) is 0 Å². The molecule has 1 aliphatic heterocycles. The maximum absolute atomic E-state index is 14.2. The van der Waals surface area contributed by atoms with Crippen LogP contribution in [-0.2, 0) is 16.0 Å². The lowest BCUT2D eigenvalue weighted by Crippen LogP contribution is -2.65. The number of benzene rings is 4. The zero-order chi connectivity index (χ0) is 27.4. The minimum Gasteiger partial charge on any atom is -0.372 e. The molecule has 1 heterocycles. The van der Waals surface area contributed by atoms with Gasteiger partial charge >= 0.3 is 0 Å². The second-order valence-electron chi connectivity index (χ2n) is 9.63. The number of carbonyl (C=O) groups is 2. The zero-order valence-electron chi connectivity index (χ0n) is 22.5. The Bertz CT molecular complexity index is 1510. The van der Waals surface area contributed by atoms with E-state index in [1.54, 1.807) is 0 Å². The van der Waals surface area contributed by atoms with Gasteiger partial charge in [-0.25, -0.2) is 0 Å². The summed E-state index contributed by atoms with van der Waals surface area (Å²) >= 11 is 0. The van der Waals surface area contributed by atoms with Gasteiger partial charge in [-0.3, -0.25) is 9.59 Å². The SMILES string of the molecule is CCN(CC)c1ccc(NC2(NC(C)=O)C(=O)N(c3ccccc3)N=C2Cc2ccc3ccccc3c2)cc1. The van der Waals surface area contributed by atoms with E-state index >= 15 is 0 Å². The molecule has 0 saturated carbocycles. The Morgan fingerprint density at radius 1 is 0.872 bits per heavy atom. The Labute approximate surface area is 229 Å². The molecule has 0 spiro atoms. The van der Waals surface area contributed by atoms with E-state index in [0.717, 1.165) is 35.1 Å². The predicted octanol–water partition coefficient (Wildman–Crippen LogP) is 5.58. The molecule has 5 rings (SSSR count). The number of nitrogens with one attached hydrogen (secondary N) is 2. The standard InChI is InChI=1S/C32H33N5O2/c1-4-36(5-2)28-19-17-27(18-20-28)34-32(33-23(3)38)30(35-37(31(32)39)29-13-7-6-8-14-29)22-24-15-16-25-11-9-10-12-26(25)21-24/h6-21,34H,4-5,22H2,1-3H3,(H,33,38). The summed E-state index contributed by atoms with van der Waals surface area (Å²) in [5, 5.41) is 14.7. The van der Waals surface area contributed by atoms with Crippen molar-refractivity contribution in [3.8, 4) is 0 Å². The number of fused-ring (bicyclic) bond motifs is 1. The van der Waals surface area contributed by atoms with Crippen LogP contribution >= 0.6 is 0 Å². The summed E-state index contributed by atoms with van der Waals surface area (Å²) < 4.78 is 0. The van der Waals surface area contributed by atoms with E-state index in [2.05, 4.69) is 53.6 Å². The van der Waals surface area contributed by atoms with E-state index in [1.807, 2.05) is 72.8 Å². The van der Waals surface area contributed by atoms with E-state index < -0.39 is 5.66 Å². The Balaban J connectivity index is 1.57. The average Bonchev–Trinajstić information content (AvgIpc) is 3.20. The van der Waals surface area contributed by atoms with Crippen molar-refractivity contribution in [1.29, 1.82) is 0 Å². The highest BCUT2D eigenvalue weighted by molar-refractivity contribution is 6.26. The summed E-state index contributed by atoms with van der Waals surface area (Å²) in [5.74, 6) is -0.704. The maximum Gasteiger partial charge on any atom is 0.300 e. The highest BCUT2D eigenvalue weighted by Crippen LogP contribution is 2.31. The monoisotopic (exact) mass is 519 g/mol. The van der Waals surface area contributed by atoms with Gasteiger partial charge < -0.3 is 15.5 Å². The van der Waals surface area contributed by atoms with Crippen LogP contribution in [0.15, 0.2) is 102 Å². The van der Waals surface area contributed by atoms with Crippen molar-refractivity contribution in [3.05, 3.63) is 103 Å². The van der Waals surface area contributed by atoms with Crippen molar-refractivity contribution in [1.82, 2.24) is 5.32 Å². The topological polar surface area (TPSA) is 77.0 Å². The number of rotatable bonds is 9. The van der Waals surface area contributed by atoms with Gasteiger partial charge in [-0.05, 0) is 66.6 Å². The fourth-order valence-corrected chi connectivity index (χ4v) is 5.08. The maximum atomic E-state index is 14.2. The zero-order valence-corrected chi connectivity index (χ0v) is 22.5. The molecule has 0 fully saturated rings. The van der Waals surface area contributed by atoms with Crippen molar-refractivity contribution in [3.63, 3.8) is 0 Å². The molecule has 0 aromatic heterocycles. The molecule has 7 heteroatoms. The molecule has 1 unspecified atom stereocenters. The second-order valence-corrected chi connectivity index (χ2v) is 9.63. The molecule has 0 bridgehead atoms. The number of nitrogens with zero attached hydrogens (tertiary/aromatic N) is 3. The number of anilines is 3. The molecule has 1 aliphatic rings. The smallest absolute Gasteiger partial charge is 0.300 e. The fraction of sp³-hybridized carbons (Fsp3) is 0.219. The van der Waals surface area contributed by atoms with Gasteiger partial charge in [0.2, 0.25) is 11.6 Å². The summed E-state index contributed by atoms with van der Waals surface area (Å²) in [6, 6.07) is 31.5. The van der Waals surface area contributed by atoms with E-state index in [9.17, 15) is 9.59 Å². The molecule has 0 radical (unpaired) electrons. The van der Waals surface area contributed by atoms with E-state index in [0.29, 0.717) is 23.5 Å². The van der Waals surface area contributed by atoms with Crippen molar-refractivity contribution in [2.75, 3.05) is 28.3 Å². The number of hydrogen-bond donors (Lipinski definition) is 2. The number of hydrogen-bond acceptors (Lipinski definition) is 5. The second kappa shape index (κ2) is 11.0. The molecule has 0 aliphatic carbocycles. The lowest BCUT2D eigenvalue weighted by atomic mass is 9.94. The lowest BCUT2D eigenvalue weighted by Gasteiger charge is -2.32. The van der Waals surface area contributed by atoms with E-state index in [1.165, 1.54) is 11.9 Å². The molecule has 198 valence electrons. The van der Waals surface area contributed by atoms with Gasteiger partial charge in [-0.15, -0.1) is 0 Å². The molecule has 2 amide bonds. The van der Waals surface area contributed by atoms with Gasteiger partial charge in [-0.1, -0.05) is 60.7 Å². The van der Waals surface area contributed by atoms with Gasteiger partial charge in [0.15, 0.2) is 0 Å². The molecule has 2 N–H and O–H groups in total. The Kier molecular flexibility index (Phi) is 7.32. The number of amides is 2. The summed E-state index contributed by atoms with van der Waals surface area (Å²) in [4.78, 5) is 29.0. The number of para-hydroxylation sites is 1. The van der Waals surface area contributed by atoms with Crippen LogP contribution in [0, 0.1) is 0 Å². The highest BCUT2D eigenvalue weighted by atomic mass is 16.2. The van der Waals surface area contributed by atoms with E-state index in [-0.39, 0.29) is 11.8 Å². The highest BCUT2D eigenvalue weighted by Gasteiger charge is 2.52. The molecule has 4 aromatic rings. The average molecular weight is 520 g/mol. The molecule has 7 nitrogen and oxygen atoms in total. The largest absolute Gasteiger partial charge is 0.372 e. The quantitative estimate of drug-likeness (QED) is 0.283. The molecular weight excluding hydrogens is 486 g/mol. The van der Waals surface area contributed by atoms with Crippen LogP contribution < -0.4 is 20.5 Å². The first-order chi connectivity index (χ1) is 18.9. The van der Waals surface area contributed by atoms with Crippen LogP contribution in [0.3, 0.4) is 0 Å². The Morgan fingerprint density at radius 2 is 1.54 bits per heavy atom. The minimum atomic E-state index is -1.55. The summed E-state index contributed by atoms with van der Waals surface area (Å²) in [6.07, 6.45) is 0.366. The van der Waals surface area contributed by atoms with Crippen LogP contribution in [0.2, 0.25) is 0 Å². The third-order valence-corrected chi connectivity index (χ3v) is 7.04. The van der Waals surface area contributed by atoms with Crippen molar-refractivity contribution in [2.45, 2.75) is 32.9 Å². The van der Waals surface area contributed by atoms with Crippen LogP contribution in [0.25, 0.3) is 10.8 Å². The first kappa shape index (κ1) is 26.0. The van der Waals surface area contributed by atoms with Gasteiger partial charge in [-0.2, -0.15) is 10.1 Å². The molecular formula is C32H33N5O2. The third-order valence-electron chi connectivity index (χ3n) is 7.04. The van der Waals surface area contributed by atoms with Gasteiger partial charge in [0.25, 0.3) is 5.91 Å². The van der Waals surface area contributed by atoms with Gasteiger partial charge in [0.05, 0.1) is 11.4 Å². The normalized spacial score (nSPS) is 16.7. The van der Waals surface area contributed by atoms with Gasteiger partial charge in [0, 0.05) is 37.8 Å². The van der Waals surface area contributed by atoms with Crippen LogP contribution in [0.4, 0.5) is 17.1 Å². The molecule has 1 atom stereocenters. The Morgan fingerprint density at radius 3 is 2.21 bits per heavy atom. The summed E-state index contributed by atoms with van der Waals surface area (Å²) in [5.41, 5.74) is 2.37. The van der Waals surface area contributed by atoms with E-state index in [4.69, 9.17) is 5.10 Å². The van der Waals surface area contributed by atoms with Crippen molar-refractivity contribution < 1.29 is 9.59 Å². The minimum absolute atomic E-state index is 0.336. The van der Waals surface area contributed by atoms with Crippen LogP contribution in [0.5, 0.6) is 0 Å². The molecule has 39 heavy (non-hydrogen) atoms. The number of carbonyl (C=O) groups excluding carboxylic acids is 2. The molecule has 4 aromatic carbocycles. The lowest BCUT2D eigenvalue weighted by molar-refractivity contribution is -0.127. The third kappa shape index (κ3) is 5.21. The fourth-order valence-electron chi connectivity index (χ4n) is 5.08. The first-order valence-electron chi connectivity index (χ1n) is 13.3. The Hall–Kier alpha value is -4.65. The molecule has 0 saturated heterocycles. The van der Waals surface area contributed by atoms with Crippen molar-refractivity contribution >= 4 is 45.4 Å².